The van der Waals surface area contributed by atoms with E-state index in [1.165, 1.54) is 116 Å². The van der Waals surface area contributed by atoms with Gasteiger partial charge in [-0.2, -0.15) is 0 Å². The second-order valence-corrected chi connectivity index (χ2v) is 11.9. The lowest BCUT2D eigenvalue weighted by Crippen LogP contribution is -2.61. The van der Waals surface area contributed by atoms with Crippen molar-refractivity contribution in [2.75, 3.05) is 26.4 Å². The fraction of sp³-hybridized carbons (Fsp3) is 1.00. The number of rotatable bonds is 29. The van der Waals surface area contributed by atoms with Gasteiger partial charge in [-0.05, 0) is 19.8 Å². The molecule has 0 bridgehead atoms. The van der Waals surface area contributed by atoms with E-state index in [1.54, 1.807) is 0 Å². The van der Waals surface area contributed by atoms with Crippen LogP contribution in [0.25, 0.3) is 0 Å². The van der Waals surface area contributed by atoms with Crippen LogP contribution in [0.2, 0.25) is 0 Å². The number of ether oxygens (including phenoxy) is 4. The number of unbranched alkanes of at least 4 members (excludes halogenated alkanes) is 20. The van der Waals surface area contributed by atoms with Crippen LogP contribution in [-0.4, -0.2) is 67.3 Å². The van der Waals surface area contributed by atoms with Gasteiger partial charge in [0.05, 0.1) is 6.61 Å². The van der Waals surface area contributed by atoms with Crippen molar-refractivity contribution in [2.24, 2.45) is 0 Å². The molecule has 1 aliphatic rings. The second-order valence-electron chi connectivity index (χ2n) is 11.9. The summed E-state index contributed by atoms with van der Waals surface area (Å²) in [6, 6.07) is 0. The number of aliphatic hydroxyl groups excluding tert-OH is 2. The average Bonchev–Trinajstić information content (AvgIpc) is 2.96. The minimum absolute atomic E-state index is 0.270. The lowest BCUT2D eigenvalue weighted by atomic mass is 9.98. The average molecular weight is 573 g/mol. The minimum atomic E-state index is -0.934. The zero-order chi connectivity index (χ0) is 29.1. The van der Waals surface area contributed by atoms with Gasteiger partial charge in [-0.25, -0.2) is 0 Å². The van der Waals surface area contributed by atoms with E-state index in [0.29, 0.717) is 19.8 Å². The molecule has 0 radical (unpaired) electrons. The van der Waals surface area contributed by atoms with Gasteiger partial charge in [0.1, 0.15) is 24.4 Å². The summed E-state index contributed by atoms with van der Waals surface area (Å²) in [5.41, 5.74) is 0. The van der Waals surface area contributed by atoms with Crippen molar-refractivity contribution in [1.29, 1.82) is 0 Å². The van der Waals surface area contributed by atoms with Gasteiger partial charge in [0, 0.05) is 19.8 Å². The Morgan fingerprint density at radius 2 is 0.875 bits per heavy atom. The highest BCUT2D eigenvalue weighted by molar-refractivity contribution is 4.91. The third-order valence-corrected chi connectivity index (χ3v) is 8.25. The van der Waals surface area contributed by atoms with Crippen LogP contribution in [0, 0.1) is 0 Å². The first-order chi connectivity index (χ1) is 19.7. The van der Waals surface area contributed by atoms with Crippen LogP contribution in [0.5, 0.6) is 0 Å². The molecule has 1 saturated heterocycles. The molecule has 1 heterocycles. The molecule has 0 aromatic rings. The van der Waals surface area contributed by atoms with E-state index < -0.39 is 30.7 Å². The van der Waals surface area contributed by atoms with Crippen molar-refractivity contribution >= 4 is 0 Å². The Kier molecular flexibility index (Phi) is 26.1. The summed E-state index contributed by atoms with van der Waals surface area (Å²) in [6.45, 7) is 7.84. The van der Waals surface area contributed by atoms with E-state index >= 15 is 0 Å². The van der Waals surface area contributed by atoms with E-state index in [-0.39, 0.29) is 6.61 Å². The summed E-state index contributed by atoms with van der Waals surface area (Å²) in [4.78, 5) is 0. The molecule has 0 unspecified atom stereocenters. The maximum atomic E-state index is 10.9. The summed E-state index contributed by atoms with van der Waals surface area (Å²) >= 11 is 0. The van der Waals surface area contributed by atoms with Gasteiger partial charge in [0.2, 0.25) is 0 Å². The third kappa shape index (κ3) is 18.3. The summed E-state index contributed by atoms with van der Waals surface area (Å²) in [5, 5.41) is 20.7. The molecule has 0 spiro atoms. The van der Waals surface area contributed by atoms with Crippen molar-refractivity contribution in [2.45, 2.75) is 193 Å². The van der Waals surface area contributed by atoms with Gasteiger partial charge in [-0.3, -0.25) is 0 Å². The second kappa shape index (κ2) is 27.6. The summed E-state index contributed by atoms with van der Waals surface area (Å²) in [6.07, 6.45) is 25.0. The first-order valence-corrected chi connectivity index (χ1v) is 17.5. The first kappa shape index (κ1) is 37.8. The maximum absolute atomic E-state index is 10.9. The molecule has 5 atom stereocenters. The third-order valence-electron chi connectivity index (χ3n) is 8.25. The largest absolute Gasteiger partial charge is 0.394 e. The summed E-state index contributed by atoms with van der Waals surface area (Å²) < 4.78 is 24.2. The van der Waals surface area contributed by atoms with E-state index in [1.807, 2.05) is 6.92 Å². The molecule has 6 heteroatoms. The molecule has 1 rings (SSSR count). The SMILES string of the molecule is CCCCCCCCCCCCCCO[C@H]1[C@@H](OCC)O[C@H](CO)[C@@H](O)[C@@H]1OCCCCCCCCCCCC. The van der Waals surface area contributed by atoms with Gasteiger partial charge >= 0.3 is 0 Å². The predicted octanol–water partition coefficient (Wildman–Crippen LogP) is 8.49. The molecular weight excluding hydrogens is 504 g/mol. The van der Waals surface area contributed by atoms with Gasteiger partial charge in [0.25, 0.3) is 0 Å². The van der Waals surface area contributed by atoms with Crippen LogP contribution in [0.3, 0.4) is 0 Å². The monoisotopic (exact) mass is 573 g/mol. The Hall–Kier alpha value is -0.240. The lowest BCUT2D eigenvalue weighted by molar-refractivity contribution is -0.315. The van der Waals surface area contributed by atoms with E-state index in [0.717, 1.165) is 25.7 Å². The molecule has 2 N–H and O–H groups in total. The number of hydrogen-bond acceptors (Lipinski definition) is 6. The van der Waals surface area contributed by atoms with Crippen molar-refractivity contribution in [1.82, 2.24) is 0 Å². The van der Waals surface area contributed by atoms with E-state index in [2.05, 4.69) is 13.8 Å². The Bertz CT molecular complexity index is 519. The Morgan fingerprint density at radius 3 is 1.25 bits per heavy atom. The molecule has 0 aromatic carbocycles. The lowest BCUT2D eigenvalue weighted by Gasteiger charge is -2.43. The van der Waals surface area contributed by atoms with Crippen LogP contribution >= 0.6 is 0 Å². The minimum Gasteiger partial charge on any atom is -0.394 e. The van der Waals surface area contributed by atoms with Crippen molar-refractivity contribution in [3.8, 4) is 0 Å². The quantitative estimate of drug-likeness (QED) is 0.0875. The smallest absolute Gasteiger partial charge is 0.186 e. The highest BCUT2D eigenvalue weighted by atomic mass is 16.7. The molecule has 240 valence electrons. The van der Waals surface area contributed by atoms with Crippen LogP contribution in [-0.2, 0) is 18.9 Å². The predicted molar refractivity (Wildman–Crippen MR) is 166 cm³/mol. The fourth-order valence-corrected chi connectivity index (χ4v) is 5.68. The molecule has 0 aromatic heterocycles. The fourth-order valence-electron chi connectivity index (χ4n) is 5.68. The topological polar surface area (TPSA) is 77.4 Å². The van der Waals surface area contributed by atoms with Crippen LogP contribution in [0.4, 0.5) is 0 Å². The molecule has 40 heavy (non-hydrogen) atoms. The van der Waals surface area contributed by atoms with Crippen molar-refractivity contribution in [3.05, 3.63) is 0 Å². The zero-order valence-electron chi connectivity index (χ0n) is 26.8. The molecule has 0 aliphatic carbocycles. The van der Waals surface area contributed by atoms with Gasteiger partial charge in [-0.15, -0.1) is 0 Å². The molecule has 0 saturated carbocycles. The molecule has 1 fully saturated rings. The summed E-state index contributed by atoms with van der Waals surface area (Å²) in [7, 11) is 0. The summed E-state index contributed by atoms with van der Waals surface area (Å²) in [5.74, 6) is 0. The number of hydrogen-bond donors (Lipinski definition) is 2. The molecule has 6 nitrogen and oxygen atoms in total. The first-order valence-electron chi connectivity index (χ1n) is 17.5. The Labute approximate surface area is 248 Å². The van der Waals surface area contributed by atoms with Crippen LogP contribution in [0.1, 0.15) is 162 Å². The maximum Gasteiger partial charge on any atom is 0.186 e. The van der Waals surface area contributed by atoms with Gasteiger partial charge < -0.3 is 29.2 Å². The zero-order valence-corrected chi connectivity index (χ0v) is 26.8. The van der Waals surface area contributed by atoms with E-state index in [4.69, 9.17) is 18.9 Å². The standard InChI is InChI=1S/C34H68O6/c1-4-7-9-11-13-15-17-18-20-22-24-26-28-39-33-32(31(36)30(29-35)40-34(33)37-6-3)38-27-25-23-21-19-16-14-12-10-8-5-2/h30-36H,4-29H2,1-3H3/t30-,31-,32+,33-,34+/m1/s1. The van der Waals surface area contributed by atoms with Crippen molar-refractivity contribution < 1.29 is 29.2 Å². The molecule has 0 amide bonds. The molecule has 1 aliphatic heterocycles. The number of aliphatic hydroxyl groups is 2. The van der Waals surface area contributed by atoms with Crippen LogP contribution in [0.15, 0.2) is 0 Å². The van der Waals surface area contributed by atoms with Crippen LogP contribution < -0.4 is 0 Å². The highest BCUT2D eigenvalue weighted by Gasteiger charge is 2.47. The molecular formula is C34H68O6. The van der Waals surface area contributed by atoms with Gasteiger partial charge in [-0.1, -0.05) is 142 Å². The van der Waals surface area contributed by atoms with Gasteiger partial charge in [0.15, 0.2) is 6.29 Å². The normalized spacial score (nSPS) is 23.2. The van der Waals surface area contributed by atoms with Crippen molar-refractivity contribution in [3.63, 3.8) is 0 Å². The highest BCUT2D eigenvalue weighted by Crippen LogP contribution is 2.27. The van der Waals surface area contributed by atoms with E-state index in [9.17, 15) is 10.2 Å². The Morgan fingerprint density at radius 1 is 0.500 bits per heavy atom. The Balaban J connectivity index is 2.30.